The van der Waals surface area contributed by atoms with Gasteiger partial charge in [0, 0.05) is 23.4 Å². The lowest BCUT2D eigenvalue weighted by Crippen LogP contribution is -2.36. The first kappa shape index (κ1) is 20.3. The number of rotatable bonds is 5. The average molecular weight is 437 g/mol. The summed E-state index contributed by atoms with van der Waals surface area (Å²) in [6, 6.07) is 12.1. The minimum Gasteiger partial charge on any atom is -0.454 e. The molecule has 0 atom stereocenters. The Kier molecular flexibility index (Phi) is 5.40. The van der Waals surface area contributed by atoms with Gasteiger partial charge in [-0.3, -0.25) is 9.89 Å². The first-order chi connectivity index (χ1) is 15.5. The normalized spacial score (nSPS) is 16.2. The van der Waals surface area contributed by atoms with Crippen LogP contribution in [-0.2, 0) is 0 Å². The Morgan fingerprint density at radius 1 is 1.12 bits per heavy atom. The van der Waals surface area contributed by atoms with E-state index in [1.54, 1.807) is 12.1 Å². The summed E-state index contributed by atoms with van der Waals surface area (Å²) in [6.45, 7) is 2.22. The number of fused-ring (bicyclic) bond motifs is 1. The molecule has 0 bridgehead atoms. The number of halogens is 1. The van der Waals surface area contributed by atoms with Crippen molar-refractivity contribution in [2.75, 3.05) is 37.6 Å². The van der Waals surface area contributed by atoms with Crippen LogP contribution in [0.2, 0.25) is 0 Å². The number of nitrogens with zero attached hydrogens (tertiary/aromatic N) is 2. The van der Waals surface area contributed by atoms with Crippen molar-refractivity contribution >= 4 is 17.4 Å². The number of carbonyl (C=O) groups excluding carboxylic acids is 1. The van der Waals surface area contributed by atoms with Gasteiger partial charge in [0.1, 0.15) is 5.82 Å². The Hall–Kier alpha value is -3.59. The van der Waals surface area contributed by atoms with Gasteiger partial charge in [-0.15, -0.1) is 0 Å². The Morgan fingerprint density at radius 2 is 1.94 bits per heavy atom. The van der Waals surface area contributed by atoms with Crippen LogP contribution in [0.5, 0.6) is 11.5 Å². The maximum Gasteiger partial charge on any atom is 0.259 e. The quantitative estimate of drug-likeness (QED) is 0.564. The van der Waals surface area contributed by atoms with Gasteiger partial charge in [0.25, 0.3) is 5.91 Å². The number of amides is 1. The molecule has 1 aromatic heterocycles. The number of nitrogens with one attached hydrogen (secondary N) is 3. The van der Waals surface area contributed by atoms with Gasteiger partial charge in [-0.1, -0.05) is 0 Å². The summed E-state index contributed by atoms with van der Waals surface area (Å²) < 4.78 is 25.4. The predicted octanol–water partition coefficient (Wildman–Crippen LogP) is 3.70. The summed E-state index contributed by atoms with van der Waals surface area (Å²) in [5.74, 6) is 0.504. The van der Waals surface area contributed by atoms with Crippen molar-refractivity contribution in [3.63, 3.8) is 0 Å². The molecule has 1 amide bonds. The molecule has 3 aromatic rings. The van der Waals surface area contributed by atoms with Crippen LogP contribution in [0.15, 0.2) is 42.5 Å². The summed E-state index contributed by atoms with van der Waals surface area (Å²) in [6.07, 6.45) is 2.01. The Bertz CT molecular complexity index is 1140. The largest absolute Gasteiger partial charge is 0.454 e. The molecule has 2 aromatic carbocycles. The summed E-state index contributed by atoms with van der Waals surface area (Å²) >= 11 is 0. The zero-order chi connectivity index (χ0) is 22.1. The topological polar surface area (TPSA) is 91.5 Å². The molecule has 0 unspecified atom stereocenters. The highest BCUT2D eigenvalue weighted by molar-refractivity contribution is 6.04. The molecule has 2 aliphatic rings. The number of piperidine rings is 1. The SMILES string of the molecule is CN1CCC(Nc2ccc(C(=O)Nc3cc(-c4ccc5c(c4)OCO5)[nH]n3)c(F)c2)CC1. The zero-order valence-corrected chi connectivity index (χ0v) is 17.7. The van der Waals surface area contributed by atoms with E-state index in [1.807, 2.05) is 18.2 Å². The number of likely N-dealkylation sites (tertiary alicyclic amines) is 1. The van der Waals surface area contributed by atoms with Crippen molar-refractivity contribution in [3.05, 3.63) is 53.8 Å². The number of hydrogen-bond acceptors (Lipinski definition) is 6. The van der Waals surface area contributed by atoms with E-state index in [9.17, 15) is 9.18 Å². The van der Waals surface area contributed by atoms with Gasteiger partial charge in [-0.25, -0.2) is 4.39 Å². The van der Waals surface area contributed by atoms with Crippen molar-refractivity contribution < 1.29 is 18.7 Å². The number of anilines is 2. The smallest absolute Gasteiger partial charge is 0.259 e. The fourth-order valence-corrected chi connectivity index (χ4v) is 3.96. The molecule has 3 heterocycles. The van der Waals surface area contributed by atoms with E-state index in [2.05, 4.69) is 32.8 Å². The zero-order valence-electron chi connectivity index (χ0n) is 17.7. The number of hydrogen-bond donors (Lipinski definition) is 3. The maximum absolute atomic E-state index is 14.7. The van der Waals surface area contributed by atoms with Crippen LogP contribution in [0.1, 0.15) is 23.2 Å². The minimum atomic E-state index is -0.577. The van der Waals surface area contributed by atoms with Gasteiger partial charge in [0.15, 0.2) is 17.3 Å². The van der Waals surface area contributed by atoms with Gasteiger partial charge in [-0.05, 0) is 69.4 Å². The monoisotopic (exact) mass is 437 g/mol. The molecule has 5 rings (SSSR count). The average Bonchev–Trinajstić information content (AvgIpc) is 3.44. The lowest BCUT2D eigenvalue weighted by molar-refractivity contribution is 0.102. The van der Waals surface area contributed by atoms with Crippen molar-refractivity contribution in [2.45, 2.75) is 18.9 Å². The Balaban J connectivity index is 1.24. The fraction of sp³-hybridized carbons (Fsp3) is 0.304. The molecule has 32 heavy (non-hydrogen) atoms. The van der Waals surface area contributed by atoms with Crippen molar-refractivity contribution in [3.8, 4) is 22.8 Å². The second-order valence-electron chi connectivity index (χ2n) is 8.11. The van der Waals surface area contributed by atoms with E-state index in [1.165, 1.54) is 12.1 Å². The van der Waals surface area contributed by atoms with Crippen molar-refractivity contribution in [2.24, 2.45) is 0 Å². The minimum absolute atomic E-state index is 0.0356. The summed E-state index contributed by atoms with van der Waals surface area (Å²) in [5, 5.41) is 13.0. The summed E-state index contributed by atoms with van der Waals surface area (Å²) in [7, 11) is 2.10. The Morgan fingerprint density at radius 3 is 2.75 bits per heavy atom. The number of aromatic nitrogens is 2. The van der Waals surface area contributed by atoms with E-state index in [4.69, 9.17) is 9.47 Å². The van der Waals surface area contributed by atoms with Crippen LogP contribution in [0, 0.1) is 5.82 Å². The molecule has 9 heteroatoms. The van der Waals surface area contributed by atoms with Crippen molar-refractivity contribution in [1.82, 2.24) is 15.1 Å². The first-order valence-corrected chi connectivity index (χ1v) is 10.6. The van der Waals surface area contributed by atoms with Crippen LogP contribution in [0.25, 0.3) is 11.3 Å². The highest BCUT2D eigenvalue weighted by Crippen LogP contribution is 2.35. The van der Waals surface area contributed by atoms with Gasteiger partial charge >= 0.3 is 0 Å². The molecular weight excluding hydrogens is 413 g/mol. The third-order valence-electron chi connectivity index (χ3n) is 5.81. The van der Waals surface area contributed by atoms with E-state index in [0.29, 0.717) is 34.7 Å². The Labute approximate surface area is 184 Å². The van der Waals surface area contributed by atoms with E-state index in [0.717, 1.165) is 31.5 Å². The third kappa shape index (κ3) is 4.24. The van der Waals surface area contributed by atoms with E-state index < -0.39 is 11.7 Å². The second kappa shape index (κ2) is 8.51. The molecule has 0 aliphatic carbocycles. The van der Waals surface area contributed by atoms with E-state index >= 15 is 0 Å². The summed E-state index contributed by atoms with van der Waals surface area (Å²) in [5.41, 5.74) is 2.17. The highest BCUT2D eigenvalue weighted by Gasteiger charge is 2.19. The highest BCUT2D eigenvalue weighted by atomic mass is 19.1. The standard InChI is InChI=1S/C23H24FN5O3/c1-29-8-6-15(7-9-29)25-16-3-4-17(18(24)11-16)23(30)26-22-12-19(27-28-22)14-2-5-20-21(10-14)32-13-31-20/h2-5,10-12,15,25H,6-9,13H2,1H3,(H2,26,27,28,30). The maximum atomic E-state index is 14.7. The molecule has 166 valence electrons. The molecule has 1 saturated heterocycles. The molecule has 2 aliphatic heterocycles. The lowest BCUT2D eigenvalue weighted by atomic mass is 10.0. The number of ether oxygens (including phenoxy) is 2. The van der Waals surface area contributed by atoms with Gasteiger partial charge in [0.05, 0.1) is 11.3 Å². The third-order valence-corrected chi connectivity index (χ3v) is 5.81. The molecule has 0 radical (unpaired) electrons. The predicted molar refractivity (Wildman–Crippen MR) is 119 cm³/mol. The fourth-order valence-electron chi connectivity index (χ4n) is 3.96. The van der Waals surface area contributed by atoms with Crippen LogP contribution in [0.4, 0.5) is 15.9 Å². The second-order valence-corrected chi connectivity index (χ2v) is 8.11. The van der Waals surface area contributed by atoms with Crippen LogP contribution < -0.4 is 20.1 Å². The molecule has 8 nitrogen and oxygen atoms in total. The molecule has 1 fully saturated rings. The first-order valence-electron chi connectivity index (χ1n) is 10.6. The summed E-state index contributed by atoms with van der Waals surface area (Å²) in [4.78, 5) is 14.9. The van der Waals surface area contributed by atoms with Gasteiger partial charge < -0.3 is 25.0 Å². The van der Waals surface area contributed by atoms with E-state index in [-0.39, 0.29) is 12.4 Å². The van der Waals surface area contributed by atoms with Gasteiger partial charge in [-0.2, -0.15) is 5.10 Å². The number of H-pyrrole nitrogens is 1. The van der Waals surface area contributed by atoms with Crippen LogP contribution in [-0.4, -0.2) is 54.0 Å². The lowest BCUT2D eigenvalue weighted by Gasteiger charge is -2.30. The van der Waals surface area contributed by atoms with Crippen LogP contribution in [0.3, 0.4) is 0 Å². The number of carbonyl (C=O) groups is 1. The molecule has 3 N–H and O–H groups in total. The van der Waals surface area contributed by atoms with Crippen LogP contribution >= 0.6 is 0 Å². The molecule has 0 spiro atoms. The number of aromatic amines is 1. The molecular formula is C23H24FN5O3. The van der Waals surface area contributed by atoms with Crippen molar-refractivity contribution in [1.29, 1.82) is 0 Å². The van der Waals surface area contributed by atoms with Gasteiger partial charge in [0.2, 0.25) is 6.79 Å². The number of benzene rings is 2. The molecule has 0 saturated carbocycles.